The Hall–Kier alpha value is -0.610. The molecule has 0 fully saturated rings. The van der Waals surface area contributed by atoms with E-state index in [0.717, 1.165) is 22.8 Å². The summed E-state index contributed by atoms with van der Waals surface area (Å²) in [6, 6.07) is 5.58. The molecule has 0 saturated carbocycles. The second-order valence-corrected chi connectivity index (χ2v) is 7.12. The number of hydrogen-bond donors (Lipinski definition) is 1. The summed E-state index contributed by atoms with van der Waals surface area (Å²) < 4.78 is 0. The highest BCUT2D eigenvalue weighted by atomic mass is 35.5. The highest BCUT2D eigenvalue weighted by Gasteiger charge is 2.11. The van der Waals surface area contributed by atoms with Crippen LogP contribution in [-0.4, -0.2) is 10.5 Å². The average molecular weight is 315 g/mol. The molecule has 2 nitrogen and oxygen atoms in total. The molecule has 0 aliphatic carbocycles. The largest absolute Gasteiger partial charge is 0.306 e. The molecule has 0 unspecified atom stereocenters. The lowest BCUT2D eigenvalue weighted by molar-refractivity contribution is 0.424. The zero-order valence-electron chi connectivity index (χ0n) is 11.1. The number of hydrogen-bond acceptors (Lipinski definition) is 3. The van der Waals surface area contributed by atoms with Gasteiger partial charge in [0.05, 0.1) is 15.7 Å². The van der Waals surface area contributed by atoms with Crippen molar-refractivity contribution in [3.8, 4) is 11.3 Å². The molecule has 102 valence electrons. The van der Waals surface area contributed by atoms with E-state index in [1.165, 1.54) is 0 Å². The van der Waals surface area contributed by atoms with Crippen molar-refractivity contribution in [2.24, 2.45) is 0 Å². The zero-order valence-corrected chi connectivity index (χ0v) is 13.5. The highest BCUT2D eigenvalue weighted by Crippen LogP contribution is 2.29. The van der Waals surface area contributed by atoms with Gasteiger partial charge in [-0.3, -0.25) is 0 Å². The Kier molecular flexibility index (Phi) is 4.51. The molecule has 0 spiro atoms. The van der Waals surface area contributed by atoms with Crippen LogP contribution in [0.3, 0.4) is 0 Å². The van der Waals surface area contributed by atoms with E-state index >= 15 is 0 Å². The Labute approximate surface area is 127 Å². The maximum absolute atomic E-state index is 6.02. The average Bonchev–Trinajstić information content (AvgIpc) is 2.78. The normalized spacial score (nSPS) is 11.8. The summed E-state index contributed by atoms with van der Waals surface area (Å²) in [5.74, 6) is 0. The molecule has 0 amide bonds. The maximum atomic E-state index is 6.02. The van der Waals surface area contributed by atoms with Crippen molar-refractivity contribution in [1.29, 1.82) is 0 Å². The second kappa shape index (κ2) is 5.80. The first kappa shape index (κ1) is 14.8. The quantitative estimate of drug-likeness (QED) is 0.861. The molecule has 1 heterocycles. The molecule has 2 rings (SSSR count). The van der Waals surface area contributed by atoms with Crippen molar-refractivity contribution < 1.29 is 0 Å². The van der Waals surface area contributed by atoms with Crippen LogP contribution in [0.5, 0.6) is 0 Å². The Bertz CT molecular complexity index is 573. The van der Waals surface area contributed by atoms with Gasteiger partial charge in [0.25, 0.3) is 0 Å². The minimum atomic E-state index is 0.0927. The molecule has 0 atom stereocenters. The van der Waals surface area contributed by atoms with Gasteiger partial charge in [0.2, 0.25) is 0 Å². The fraction of sp³-hybridized carbons (Fsp3) is 0.357. The van der Waals surface area contributed by atoms with Crippen LogP contribution in [0.25, 0.3) is 11.3 Å². The number of halogens is 2. The van der Waals surface area contributed by atoms with E-state index in [1.54, 1.807) is 17.4 Å². The number of nitrogens with zero attached hydrogens (tertiary/aromatic N) is 1. The van der Waals surface area contributed by atoms with Gasteiger partial charge in [0, 0.05) is 23.0 Å². The molecule has 0 bridgehead atoms. The minimum Gasteiger partial charge on any atom is -0.306 e. The zero-order chi connectivity index (χ0) is 14.0. The van der Waals surface area contributed by atoms with Gasteiger partial charge in [-0.05, 0) is 32.9 Å². The van der Waals surface area contributed by atoms with Crippen molar-refractivity contribution in [2.75, 3.05) is 0 Å². The van der Waals surface area contributed by atoms with Gasteiger partial charge in [0.1, 0.15) is 5.01 Å². The lowest BCUT2D eigenvalue weighted by Crippen LogP contribution is -2.34. The Morgan fingerprint density at radius 3 is 2.58 bits per heavy atom. The van der Waals surface area contributed by atoms with Crippen LogP contribution >= 0.6 is 34.5 Å². The first-order chi connectivity index (χ1) is 8.85. The number of rotatable bonds is 3. The second-order valence-electron chi connectivity index (χ2n) is 5.36. The number of benzene rings is 1. The van der Waals surface area contributed by atoms with E-state index in [9.17, 15) is 0 Å². The van der Waals surface area contributed by atoms with E-state index in [2.05, 4.69) is 31.1 Å². The lowest BCUT2D eigenvalue weighted by atomic mass is 10.1. The molecule has 5 heteroatoms. The van der Waals surface area contributed by atoms with E-state index in [0.29, 0.717) is 10.0 Å². The number of nitrogens with one attached hydrogen (secondary N) is 1. The predicted octanol–water partition coefficient (Wildman–Crippen LogP) is 5.01. The number of thiazole rings is 1. The lowest BCUT2D eigenvalue weighted by Gasteiger charge is -2.19. The summed E-state index contributed by atoms with van der Waals surface area (Å²) >= 11 is 13.6. The summed E-state index contributed by atoms with van der Waals surface area (Å²) in [6.07, 6.45) is 0. The van der Waals surface area contributed by atoms with Crippen LogP contribution in [0, 0.1) is 0 Å². The molecule has 0 radical (unpaired) electrons. The van der Waals surface area contributed by atoms with Gasteiger partial charge in [-0.25, -0.2) is 4.98 Å². The van der Waals surface area contributed by atoms with E-state index < -0.39 is 0 Å². The van der Waals surface area contributed by atoms with E-state index in [1.807, 2.05) is 17.5 Å². The van der Waals surface area contributed by atoms with Crippen LogP contribution in [0.15, 0.2) is 23.6 Å². The van der Waals surface area contributed by atoms with Crippen LogP contribution in [0.4, 0.5) is 0 Å². The van der Waals surface area contributed by atoms with Gasteiger partial charge < -0.3 is 5.32 Å². The highest BCUT2D eigenvalue weighted by molar-refractivity contribution is 7.09. The summed E-state index contributed by atoms with van der Waals surface area (Å²) in [5, 5.41) is 7.65. The fourth-order valence-electron chi connectivity index (χ4n) is 1.52. The summed E-state index contributed by atoms with van der Waals surface area (Å²) in [4.78, 5) is 4.61. The maximum Gasteiger partial charge on any atom is 0.107 e. The third-order valence-corrected chi connectivity index (χ3v) is 4.12. The molecular weight excluding hydrogens is 299 g/mol. The molecule has 0 aliphatic heterocycles. The standard InChI is InChI=1S/C14H16Cl2N2S/c1-14(2,3)17-7-13-18-12(8-19-13)9-4-5-10(15)11(16)6-9/h4-6,8,17H,7H2,1-3H3. The van der Waals surface area contributed by atoms with Crippen molar-refractivity contribution in [2.45, 2.75) is 32.9 Å². The predicted molar refractivity (Wildman–Crippen MR) is 84.2 cm³/mol. The SMILES string of the molecule is CC(C)(C)NCc1nc(-c2ccc(Cl)c(Cl)c2)cs1. The topological polar surface area (TPSA) is 24.9 Å². The van der Waals surface area contributed by atoms with Gasteiger partial charge in [-0.1, -0.05) is 29.3 Å². The molecule has 1 aromatic carbocycles. The Morgan fingerprint density at radius 1 is 1.21 bits per heavy atom. The summed E-state index contributed by atoms with van der Waals surface area (Å²) in [5.41, 5.74) is 2.03. The van der Waals surface area contributed by atoms with Crippen molar-refractivity contribution in [3.63, 3.8) is 0 Å². The van der Waals surface area contributed by atoms with Gasteiger partial charge >= 0.3 is 0 Å². The molecule has 1 aromatic heterocycles. The van der Waals surface area contributed by atoms with Gasteiger partial charge in [-0.2, -0.15) is 0 Å². The molecule has 2 aromatic rings. The van der Waals surface area contributed by atoms with Crippen LogP contribution in [0.2, 0.25) is 10.0 Å². The van der Waals surface area contributed by atoms with Crippen LogP contribution in [-0.2, 0) is 6.54 Å². The Balaban J connectivity index is 2.14. The van der Waals surface area contributed by atoms with E-state index in [-0.39, 0.29) is 5.54 Å². The first-order valence-corrected chi connectivity index (χ1v) is 7.63. The van der Waals surface area contributed by atoms with Crippen molar-refractivity contribution >= 4 is 34.5 Å². The van der Waals surface area contributed by atoms with Crippen molar-refractivity contribution in [1.82, 2.24) is 10.3 Å². The molecule has 0 saturated heterocycles. The smallest absolute Gasteiger partial charge is 0.107 e. The third-order valence-electron chi connectivity index (χ3n) is 2.54. The van der Waals surface area contributed by atoms with Crippen LogP contribution < -0.4 is 5.32 Å². The van der Waals surface area contributed by atoms with E-state index in [4.69, 9.17) is 23.2 Å². The molecule has 19 heavy (non-hydrogen) atoms. The molecule has 1 N–H and O–H groups in total. The fourth-order valence-corrected chi connectivity index (χ4v) is 2.56. The number of aromatic nitrogens is 1. The first-order valence-electron chi connectivity index (χ1n) is 6.00. The van der Waals surface area contributed by atoms with Gasteiger partial charge in [0.15, 0.2) is 0 Å². The third kappa shape index (κ3) is 4.18. The Morgan fingerprint density at radius 2 is 1.95 bits per heavy atom. The molecular formula is C14H16Cl2N2S. The minimum absolute atomic E-state index is 0.0927. The van der Waals surface area contributed by atoms with Crippen molar-refractivity contribution in [3.05, 3.63) is 38.6 Å². The van der Waals surface area contributed by atoms with Crippen LogP contribution in [0.1, 0.15) is 25.8 Å². The summed E-state index contributed by atoms with van der Waals surface area (Å²) in [7, 11) is 0. The van der Waals surface area contributed by atoms with Gasteiger partial charge in [-0.15, -0.1) is 11.3 Å². The molecule has 0 aliphatic rings. The monoisotopic (exact) mass is 314 g/mol. The summed E-state index contributed by atoms with van der Waals surface area (Å²) in [6.45, 7) is 7.19.